The van der Waals surface area contributed by atoms with Gasteiger partial charge in [-0.25, -0.2) is 4.98 Å². The normalized spacial score (nSPS) is 24.6. The molecule has 0 spiro atoms. The van der Waals surface area contributed by atoms with Crippen LogP contribution in [0.25, 0.3) is 0 Å². The molecule has 5 heteroatoms. The van der Waals surface area contributed by atoms with Gasteiger partial charge in [-0.3, -0.25) is 0 Å². The first kappa shape index (κ1) is 12.4. The van der Waals surface area contributed by atoms with E-state index in [2.05, 4.69) is 16.9 Å². The lowest BCUT2D eigenvalue weighted by Gasteiger charge is -2.26. The van der Waals surface area contributed by atoms with E-state index in [4.69, 9.17) is 22.1 Å². The van der Waals surface area contributed by atoms with Crippen LogP contribution >= 0.6 is 11.6 Å². The summed E-state index contributed by atoms with van der Waals surface area (Å²) in [6, 6.07) is 0. The summed E-state index contributed by atoms with van der Waals surface area (Å²) in [6.45, 7) is 4.08. The predicted octanol–water partition coefficient (Wildman–Crippen LogP) is 2.98. The standard InChI is InChI=1S/C12H18ClN3O/c1-7-3-5-9(6-4-7)17-11-10(14)8(2)15-12(13)16-11/h7,9H,3-6,14H2,1-2H3. The van der Waals surface area contributed by atoms with E-state index < -0.39 is 0 Å². The maximum absolute atomic E-state index is 5.89. The number of nitrogen functional groups attached to an aromatic ring is 1. The fourth-order valence-electron chi connectivity index (χ4n) is 2.12. The second-order valence-electron chi connectivity index (χ2n) is 4.80. The topological polar surface area (TPSA) is 61.0 Å². The third-order valence-electron chi connectivity index (χ3n) is 3.32. The number of nitrogens with two attached hydrogens (primary N) is 1. The zero-order valence-corrected chi connectivity index (χ0v) is 11.0. The molecule has 0 amide bonds. The van der Waals surface area contributed by atoms with Gasteiger partial charge in [-0.05, 0) is 50.1 Å². The SMILES string of the molecule is Cc1nc(Cl)nc(OC2CCC(C)CC2)c1N. The van der Waals surface area contributed by atoms with Gasteiger partial charge in [0.2, 0.25) is 11.2 Å². The number of hydrogen-bond donors (Lipinski definition) is 1. The fraction of sp³-hybridized carbons (Fsp3) is 0.667. The molecule has 1 fully saturated rings. The Morgan fingerprint density at radius 2 is 1.88 bits per heavy atom. The Balaban J connectivity index is 2.08. The van der Waals surface area contributed by atoms with Gasteiger partial charge in [0, 0.05) is 0 Å². The van der Waals surface area contributed by atoms with Crippen molar-refractivity contribution >= 4 is 17.3 Å². The number of hydrogen-bond acceptors (Lipinski definition) is 4. The summed E-state index contributed by atoms with van der Waals surface area (Å²) >= 11 is 5.81. The summed E-state index contributed by atoms with van der Waals surface area (Å²) in [7, 11) is 0. The lowest BCUT2D eigenvalue weighted by Crippen LogP contribution is -2.24. The quantitative estimate of drug-likeness (QED) is 0.826. The largest absolute Gasteiger partial charge is 0.473 e. The van der Waals surface area contributed by atoms with E-state index in [9.17, 15) is 0 Å². The molecule has 1 aromatic rings. The van der Waals surface area contributed by atoms with Crippen molar-refractivity contribution in [3.05, 3.63) is 11.0 Å². The van der Waals surface area contributed by atoms with Crippen molar-refractivity contribution in [1.82, 2.24) is 9.97 Å². The highest BCUT2D eigenvalue weighted by Gasteiger charge is 2.21. The van der Waals surface area contributed by atoms with E-state index in [-0.39, 0.29) is 11.4 Å². The molecule has 2 N–H and O–H groups in total. The summed E-state index contributed by atoms with van der Waals surface area (Å²) in [4.78, 5) is 8.04. The maximum atomic E-state index is 5.89. The molecule has 0 saturated heterocycles. The van der Waals surface area contributed by atoms with Crippen molar-refractivity contribution in [2.75, 3.05) is 5.73 Å². The number of anilines is 1. The summed E-state index contributed by atoms with van der Waals surface area (Å²) in [5, 5.41) is 0.191. The molecule has 0 aliphatic heterocycles. The van der Waals surface area contributed by atoms with Crippen molar-refractivity contribution in [3.8, 4) is 5.88 Å². The van der Waals surface area contributed by atoms with Crippen LogP contribution in [0.4, 0.5) is 5.69 Å². The number of nitrogens with zero attached hydrogens (tertiary/aromatic N) is 2. The summed E-state index contributed by atoms with van der Waals surface area (Å²) in [6.07, 6.45) is 4.71. The van der Waals surface area contributed by atoms with Crippen LogP contribution < -0.4 is 10.5 Å². The second kappa shape index (κ2) is 5.08. The van der Waals surface area contributed by atoms with Crippen LogP contribution in [0.15, 0.2) is 0 Å². The zero-order valence-electron chi connectivity index (χ0n) is 10.2. The fourth-order valence-corrected chi connectivity index (χ4v) is 2.32. The highest BCUT2D eigenvalue weighted by Crippen LogP contribution is 2.30. The average molecular weight is 256 g/mol. The molecule has 17 heavy (non-hydrogen) atoms. The van der Waals surface area contributed by atoms with E-state index in [1.165, 1.54) is 12.8 Å². The minimum Gasteiger partial charge on any atom is -0.473 e. The van der Waals surface area contributed by atoms with Gasteiger partial charge in [-0.2, -0.15) is 4.98 Å². The lowest BCUT2D eigenvalue weighted by atomic mass is 9.89. The van der Waals surface area contributed by atoms with Gasteiger partial charge >= 0.3 is 0 Å². The first-order valence-electron chi connectivity index (χ1n) is 6.02. The molecular weight excluding hydrogens is 238 g/mol. The lowest BCUT2D eigenvalue weighted by molar-refractivity contribution is 0.131. The van der Waals surface area contributed by atoms with Gasteiger partial charge in [-0.1, -0.05) is 6.92 Å². The van der Waals surface area contributed by atoms with Crippen LogP contribution in [0, 0.1) is 12.8 Å². The molecule has 0 bridgehead atoms. The number of rotatable bonds is 2. The van der Waals surface area contributed by atoms with Crippen molar-refractivity contribution in [2.24, 2.45) is 5.92 Å². The number of halogens is 1. The summed E-state index contributed by atoms with van der Waals surface area (Å²) < 4.78 is 5.84. The molecule has 2 rings (SSSR count). The number of aryl methyl sites for hydroxylation is 1. The molecule has 1 aliphatic rings. The Morgan fingerprint density at radius 1 is 1.24 bits per heavy atom. The third-order valence-corrected chi connectivity index (χ3v) is 3.48. The van der Waals surface area contributed by atoms with Crippen LogP contribution in [0.5, 0.6) is 5.88 Å². The Morgan fingerprint density at radius 3 is 2.53 bits per heavy atom. The highest BCUT2D eigenvalue weighted by molar-refractivity contribution is 6.28. The molecule has 4 nitrogen and oxygen atoms in total. The van der Waals surface area contributed by atoms with E-state index in [1.54, 1.807) is 6.92 Å². The van der Waals surface area contributed by atoms with Crippen LogP contribution in [0.1, 0.15) is 38.3 Å². The molecule has 0 unspecified atom stereocenters. The highest BCUT2D eigenvalue weighted by atomic mass is 35.5. The average Bonchev–Trinajstić information content (AvgIpc) is 2.28. The van der Waals surface area contributed by atoms with Gasteiger partial charge in [0.15, 0.2) is 0 Å². The first-order chi connectivity index (χ1) is 8.06. The smallest absolute Gasteiger partial charge is 0.242 e. The van der Waals surface area contributed by atoms with Crippen molar-refractivity contribution in [1.29, 1.82) is 0 Å². The molecule has 1 aliphatic carbocycles. The van der Waals surface area contributed by atoms with Gasteiger partial charge in [-0.15, -0.1) is 0 Å². The molecule has 1 heterocycles. The molecule has 0 atom stereocenters. The number of ether oxygens (including phenoxy) is 1. The second-order valence-corrected chi connectivity index (χ2v) is 5.13. The molecule has 0 aromatic carbocycles. The van der Waals surface area contributed by atoms with Crippen LogP contribution in [-0.4, -0.2) is 16.1 Å². The van der Waals surface area contributed by atoms with Crippen LogP contribution in [0.3, 0.4) is 0 Å². The molecule has 0 radical (unpaired) electrons. The van der Waals surface area contributed by atoms with Gasteiger partial charge in [0.05, 0.1) is 5.69 Å². The third kappa shape index (κ3) is 3.00. The summed E-state index contributed by atoms with van der Waals surface area (Å²) in [5.41, 5.74) is 7.05. The Kier molecular flexibility index (Phi) is 3.72. The van der Waals surface area contributed by atoms with Crippen molar-refractivity contribution < 1.29 is 4.74 Å². The molecular formula is C12H18ClN3O. The monoisotopic (exact) mass is 255 g/mol. The predicted molar refractivity (Wildman–Crippen MR) is 68.2 cm³/mol. The van der Waals surface area contributed by atoms with Crippen molar-refractivity contribution in [2.45, 2.75) is 45.6 Å². The van der Waals surface area contributed by atoms with E-state index >= 15 is 0 Å². The number of aromatic nitrogens is 2. The zero-order chi connectivity index (χ0) is 12.4. The minimum atomic E-state index is 0.191. The Labute approximate surface area is 107 Å². The molecule has 1 aromatic heterocycles. The first-order valence-corrected chi connectivity index (χ1v) is 6.40. The summed E-state index contributed by atoms with van der Waals surface area (Å²) in [5.74, 6) is 1.23. The molecule has 94 valence electrons. The van der Waals surface area contributed by atoms with Crippen LogP contribution in [0.2, 0.25) is 5.28 Å². The van der Waals surface area contributed by atoms with Gasteiger partial charge in [0.25, 0.3) is 0 Å². The van der Waals surface area contributed by atoms with E-state index in [0.717, 1.165) is 18.8 Å². The van der Waals surface area contributed by atoms with Gasteiger partial charge in [0.1, 0.15) is 11.8 Å². The minimum absolute atomic E-state index is 0.191. The van der Waals surface area contributed by atoms with E-state index in [1.807, 2.05) is 0 Å². The Hall–Kier alpha value is -1.03. The van der Waals surface area contributed by atoms with Crippen LogP contribution in [-0.2, 0) is 0 Å². The van der Waals surface area contributed by atoms with E-state index in [0.29, 0.717) is 17.3 Å². The maximum Gasteiger partial charge on any atom is 0.242 e. The Bertz CT molecular complexity index is 403. The van der Waals surface area contributed by atoms with Gasteiger partial charge < -0.3 is 10.5 Å². The molecule has 1 saturated carbocycles. The van der Waals surface area contributed by atoms with Crippen molar-refractivity contribution in [3.63, 3.8) is 0 Å².